The predicted molar refractivity (Wildman–Crippen MR) is 92.9 cm³/mol. The number of nitrogens with two attached hydrogens (primary N) is 1. The lowest BCUT2D eigenvalue weighted by Crippen LogP contribution is -2.37. The average molecular weight is 373 g/mol. The molecule has 25 heavy (non-hydrogen) atoms. The van der Waals surface area contributed by atoms with Crippen LogP contribution in [0.4, 0.5) is 4.79 Å². The molecule has 0 saturated heterocycles. The summed E-state index contributed by atoms with van der Waals surface area (Å²) in [5, 5.41) is 6.86. The minimum absolute atomic E-state index is 0.443. The van der Waals surface area contributed by atoms with Gasteiger partial charge in [-0.05, 0) is 23.4 Å². The first-order valence-electron chi connectivity index (χ1n) is 7.57. The first-order valence-corrected chi connectivity index (χ1v) is 9.11. The smallest absolute Gasteiger partial charge is 0.427 e. The van der Waals surface area contributed by atoms with Crippen LogP contribution < -0.4 is 20.1 Å². The lowest BCUT2D eigenvalue weighted by molar-refractivity contribution is 0.124. The number of aromatic nitrogens is 2. The molecule has 5 N–H and O–H groups in total. The molecule has 140 valence electrons. The molecule has 0 radical (unpaired) electrons. The Hall–Kier alpha value is -2.37. The molecular weight excluding hydrogens is 350 g/mol. The molecule has 1 heterocycles. The van der Waals surface area contributed by atoms with Crippen molar-refractivity contribution in [2.24, 2.45) is 5.14 Å². The van der Waals surface area contributed by atoms with Gasteiger partial charge >= 0.3 is 16.3 Å². The zero-order valence-electron chi connectivity index (χ0n) is 14.1. The summed E-state index contributed by atoms with van der Waals surface area (Å²) >= 11 is 0. The molecule has 0 atom stereocenters. The number of amides is 1. The molecule has 0 aliphatic carbocycles. The highest BCUT2D eigenvalue weighted by atomic mass is 32.2. The minimum atomic E-state index is -3.99. The number of fused-ring (bicyclic) bond motifs is 1. The molecule has 0 bridgehead atoms. The minimum Gasteiger partial charge on any atom is -0.497 e. The summed E-state index contributed by atoms with van der Waals surface area (Å²) in [6, 6.07) is 5.73. The molecule has 10 nitrogen and oxygen atoms in total. The molecule has 2 aromatic rings. The number of nitrogens with one attached hydrogen (secondary N) is 3. The van der Waals surface area contributed by atoms with Crippen molar-refractivity contribution in [1.82, 2.24) is 20.2 Å². The third-order valence-corrected chi connectivity index (χ3v) is 3.24. The van der Waals surface area contributed by atoms with E-state index in [4.69, 9.17) is 4.74 Å². The molecule has 0 aliphatic rings. The molecule has 1 amide bonds. The second-order valence-corrected chi connectivity index (χ2v) is 6.19. The van der Waals surface area contributed by atoms with Crippen molar-refractivity contribution in [3.63, 3.8) is 0 Å². The van der Waals surface area contributed by atoms with Gasteiger partial charge in [0, 0.05) is 12.6 Å². The first-order chi connectivity index (χ1) is 11.9. The summed E-state index contributed by atoms with van der Waals surface area (Å²) < 4.78 is 25.6. The van der Waals surface area contributed by atoms with Gasteiger partial charge in [0.1, 0.15) is 5.75 Å². The molecule has 0 fully saturated rings. The van der Waals surface area contributed by atoms with E-state index in [-0.39, 0.29) is 0 Å². The molecule has 0 spiro atoms. The summed E-state index contributed by atoms with van der Waals surface area (Å²) in [5.41, 5.74) is 1.97. The Balaban J connectivity index is 0.000000255. The Kier molecular flexibility index (Phi) is 8.67. The number of hydrogen-bond acceptors (Lipinski definition) is 6. The van der Waals surface area contributed by atoms with Crippen LogP contribution >= 0.6 is 0 Å². The maximum atomic E-state index is 10.7. The number of aromatic amines is 1. The number of unbranched alkanes of at least 4 members (excludes halogenated alkanes) is 2. The van der Waals surface area contributed by atoms with E-state index in [1.165, 1.54) is 4.89 Å². The van der Waals surface area contributed by atoms with Crippen LogP contribution in [0.5, 0.6) is 5.75 Å². The van der Waals surface area contributed by atoms with Crippen molar-refractivity contribution in [2.75, 3.05) is 13.7 Å². The number of rotatable bonds is 7. The maximum absolute atomic E-state index is 10.7. The van der Waals surface area contributed by atoms with Crippen molar-refractivity contribution < 1.29 is 22.8 Å². The fraction of sp³-hybridized carbons (Fsp3) is 0.429. The van der Waals surface area contributed by atoms with E-state index < -0.39 is 16.3 Å². The van der Waals surface area contributed by atoms with Crippen LogP contribution in [0.25, 0.3) is 11.0 Å². The SMILES string of the molecule is CCCCCNC(=O)ONS(N)(=O)=O.COc1ccc2nc[nH]c2c1. The van der Waals surface area contributed by atoms with Crippen LogP contribution in [0, 0.1) is 0 Å². The van der Waals surface area contributed by atoms with Gasteiger partial charge in [-0.2, -0.15) is 8.42 Å². The highest BCUT2D eigenvalue weighted by molar-refractivity contribution is 7.87. The van der Waals surface area contributed by atoms with Crippen LogP contribution in [0.2, 0.25) is 0 Å². The summed E-state index contributed by atoms with van der Waals surface area (Å²) in [7, 11) is -2.34. The third-order valence-electron chi connectivity index (χ3n) is 2.93. The van der Waals surface area contributed by atoms with Crippen molar-refractivity contribution in [1.29, 1.82) is 0 Å². The van der Waals surface area contributed by atoms with Crippen LogP contribution in [-0.4, -0.2) is 38.1 Å². The van der Waals surface area contributed by atoms with Gasteiger partial charge in [-0.1, -0.05) is 19.8 Å². The molecular formula is C14H23N5O5S. The van der Waals surface area contributed by atoms with E-state index in [1.54, 1.807) is 13.4 Å². The van der Waals surface area contributed by atoms with Crippen molar-refractivity contribution in [3.05, 3.63) is 24.5 Å². The molecule has 1 aromatic carbocycles. The largest absolute Gasteiger partial charge is 0.497 e. The number of nitrogens with zero attached hydrogens (tertiary/aromatic N) is 1. The predicted octanol–water partition coefficient (Wildman–Crippen LogP) is 1.18. The summed E-state index contributed by atoms with van der Waals surface area (Å²) in [4.78, 5) is 23.3. The maximum Gasteiger partial charge on any atom is 0.427 e. The fourth-order valence-corrected chi connectivity index (χ4v) is 1.93. The molecule has 1 aromatic heterocycles. The molecule has 0 saturated carbocycles. The number of carbonyl (C=O) groups is 1. The van der Waals surface area contributed by atoms with Gasteiger partial charge in [-0.15, -0.1) is 0 Å². The van der Waals surface area contributed by atoms with Gasteiger partial charge in [0.05, 0.1) is 24.5 Å². The number of carbonyl (C=O) groups excluding carboxylic acids is 1. The second kappa shape index (κ2) is 10.5. The Morgan fingerprint density at radius 3 is 2.76 bits per heavy atom. The Morgan fingerprint density at radius 1 is 1.36 bits per heavy atom. The van der Waals surface area contributed by atoms with Crippen molar-refractivity contribution >= 4 is 27.3 Å². The average Bonchev–Trinajstić information content (AvgIpc) is 3.04. The van der Waals surface area contributed by atoms with Crippen LogP contribution in [0.1, 0.15) is 26.2 Å². The van der Waals surface area contributed by atoms with Crippen molar-refractivity contribution in [3.8, 4) is 5.75 Å². The van der Waals surface area contributed by atoms with E-state index in [1.807, 2.05) is 25.1 Å². The summed E-state index contributed by atoms with van der Waals surface area (Å²) in [5.74, 6) is 0.849. The van der Waals surface area contributed by atoms with Crippen LogP contribution in [0.15, 0.2) is 24.5 Å². The standard InChI is InChI=1S/C8H8N2O.C6H15N3O4S/c1-11-6-2-3-7-8(4-6)10-5-9-7;1-2-3-4-5-8-6(10)13-9-14(7,11)12/h2-5H,1H3,(H,9,10);9H,2-5H2,1H3,(H,8,10)(H2,7,11,12). The van der Waals surface area contributed by atoms with E-state index in [9.17, 15) is 13.2 Å². The van der Waals surface area contributed by atoms with Gasteiger partial charge in [0.25, 0.3) is 0 Å². The Morgan fingerprint density at radius 2 is 2.12 bits per heavy atom. The number of ether oxygens (including phenoxy) is 1. The fourth-order valence-electron chi connectivity index (χ4n) is 1.74. The normalized spacial score (nSPS) is 10.7. The van der Waals surface area contributed by atoms with E-state index in [2.05, 4.69) is 25.3 Å². The summed E-state index contributed by atoms with van der Waals surface area (Å²) in [6.07, 6.45) is 3.65. The Labute approximate surface area is 146 Å². The van der Waals surface area contributed by atoms with Crippen LogP contribution in [-0.2, 0) is 15.0 Å². The monoisotopic (exact) mass is 373 g/mol. The molecule has 0 unspecified atom stereocenters. The molecule has 0 aliphatic heterocycles. The van der Waals surface area contributed by atoms with Gasteiger partial charge in [0.15, 0.2) is 0 Å². The zero-order valence-corrected chi connectivity index (χ0v) is 14.9. The quantitative estimate of drug-likeness (QED) is 0.423. The van der Waals surface area contributed by atoms with E-state index >= 15 is 0 Å². The van der Waals surface area contributed by atoms with Gasteiger partial charge in [-0.25, -0.2) is 14.9 Å². The van der Waals surface area contributed by atoms with Gasteiger partial charge < -0.3 is 19.9 Å². The Bertz CT molecular complexity index is 762. The number of benzene rings is 1. The van der Waals surface area contributed by atoms with Crippen LogP contribution in [0.3, 0.4) is 0 Å². The summed E-state index contributed by atoms with van der Waals surface area (Å²) in [6.45, 7) is 2.47. The van der Waals surface area contributed by atoms with Gasteiger partial charge in [0.2, 0.25) is 0 Å². The lowest BCUT2D eigenvalue weighted by Gasteiger charge is -2.04. The highest BCUT2D eigenvalue weighted by Crippen LogP contribution is 2.16. The highest BCUT2D eigenvalue weighted by Gasteiger charge is 2.06. The molecule has 2 rings (SSSR count). The van der Waals surface area contributed by atoms with Gasteiger partial charge in [-0.3, -0.25) is 0 Å². The number of H-pyrrole nitrogens is 1. The first kappa shape index (κ1) is 20.7. The lowest BCUT2D eigenvalue weighted by atomic mass is 10.2. The zero-order chi connectivity index (χ0) is 18.7. The number of imidazole rings is 1. The van der Waals surface area contributed by atoms with E-state index in [0.29, 0.717) is 6.54 Å². The third kappa shape index (κ3) is 8.88. The topological polar surface area (TPSA) is 148 Å². The second-order valence-electron chi connectivity index (χ2n) is 4.94. The van der Waals surface area contributed by atoms with Crippen molar-refractivity contribution in [2.45, 2.75) is 26.2 Å². The van der Waals surface area contributed by atoms with E-state index in [0.717, 1.165) is 36.0 Å². The number of methoxy groups -OCH3 is 1. The molecule has 11 heteroatoms. The number of hydrogen-bond donors (Lipinski definition) is 4.